The second-order valence-corrected chi connectivity index (χ2v) is 7.99. The fourth-order valence-corrected chi connectivity index (χ4v) is 3.22. The Morgan fingerprint density at radius 1 is 0.667 bits per heavy atom. The molecule has 3 rings (SSSR count). The van der Waals surface area contributed by atoms with Crippen LogP contribution in [0, 0.1) is 0 Å². The maximum atomic E-state index is 12.7. The van der Waals surface area contributed by atoms with Crippen LogP contribution in [0.4, 0.5) is 0 Å². The van der Waals surface area contributed by atoms with Crippen molar-refractivity contribution in [1.29, 1.82) is 0 Å². The Morgan fingerprint density at radius 2 is 1.17 bits per heavy atom. The van der Waals surface area contributed by atoms with Crippen LogP contribution in [0.1, 0.15) is 29.5 Å². The Hall–Kier alpha value is -4.01. The van der Waals surface area contributed by atoms with Crippen LogP contribution in [0.15, 0.2) is 91.0 Å². The summed E-state index contributed by atoms with van der Waals surface area (Å²) in [6.45, 7) is 0.304. The molecule has 0 radical (unpaired) electrons. The van der Waals surface area contributed by atoms with Gasteiger partial charge in [-0.05, 0) is 23.1 Å². The molecule has 0 saturated heterocycles. The lowest BCUT2D eigenvalue weighted by Crippen LogP contribution is -2.45. The highest BCUT2D eigenvalue weighted by Crippen LogP contribution is 2.08. The smallest absolute Gasteiger partial charge is 0.328 e. The Bertz CT molecular complexity index is 1080. The molecule has 0 bridgehead atoms. The lowest BCUT2D eigenvalue weighted by Gasteiger charge is -2.18. The molecule has 0 saturated carbocycles. The van der Waals surface area contributed by atoms with E-state index in [0.717, 1.165) is 16.7 Å². The number of carbonyl (C=O) groups excluding carboxylic acids is 3. The number of benzene rings is 3. The van der Waals surface area contributed by atoms with E-state index in [0.29, 0.717) is 0 Å². The largest absolute Gasteiger partial charge is 0.461 e. The van der Waals surface area contributed by atoms with Gasteiger partial charge >= 0.3 is 11.9 Å². The van der Waals surface area contributed by atoms with E-state index in [9.17, 15) is 14.4 Å². The van der Waals surface area contributed by atoms with E-state index in [1.54, 1.807) is 0 Å². The summed E-state index contributed by atoms with van der Waals surface area (Å²) in [6, 6.07) is 27.0. The van der Waals surface area contributed by atoms with Crippen LogP contribution < -0.4 is 10.8 Å². The molecule has 0 aliphatic carbocycles. The van der Waals surface area contributed by atoms with E-state index in [2.05, 4.69) is 10.8 Å². The van der Waals surface area contributed by atoms with E-state index in [4.69, 9.17) is 14.3 Å². The average molecular weight is 491 g/mol. The van der Waals surface area contributed by atoms with Crippen LogP contribution in [-0.2, 0) is 48.5 Å². The SMILES string of the molecule is O=C(CNOCc1ccccc1)NC(CCC(=O)OCc1ccccc1)C(=O)OCc1ccccc1. The van der Waals surface area contributed by atoms with Gasteiger partial charge in [0.15, 0.2) is 0 Å². The van der Waals surface area contributed by atoms with Crippen LogP contribution in [0.3, 0.4) is 0 Å². The molecule has 0 aromatic heterocycles. The molecule has 0 heterocycles. The van der Waals surface area contributed by atoms with E-state index in [-0.39, 0.29) is 39.2 Å². The second-order valence-electron chi connectivity index (χ2n) is 7.99. The molecule has 8 nitrogen and oxygen atoms in total. The number of amides is 1. The van der Waals surface area contributed by atoms with Gasteiger partial charge < -0.3 is 14.8 Å². The second kappa shape index (κ2) is 15.1. The molecule has 2 N–H and O–H groups in total. The van der Waals surface area contributed by atoms with Crippen molar-refractivity contribution in [3.05, 3.63) is 108 Å². The van der Waals surface area contributed by atoms with Gasteiger partial charge in [0, 0.05) is 6.42 Å². The van der Waals surface area contributed by atoms with Crippen molar-refractivity contribution in [1.82, 2.24) is 10.8 Å². The highest BCUT2D eigenvalue weighted by atomic mass is 16.6. The molecule has 1 atom stereocenters. The summed E-state index contributed by atoms with van der Waals surface area (Å²) in [5.74, 6) is -1.58. The lowest BCUT2D eigenvalue weighted by molar-refractivity contribution is -0.150. The number of esters is 2. The van der Waals surface area contributed by atoms with Gasteiger partial charge in [0.2, 0.25) is 5.91 Å². The van der Waals surface area contributed by atoms with Crippen LogP contribution in [0.25, 0.3) is 0 Å². The van der Waals surface area contributed by atoms with Crippen molar-refractivity contribution in [2.45, 2.75) is 38.7 Å². The lowest BCUT2D eigenvalue weighted by atomic mass is 10.1. The standard InChI is InChI=1S/C28H30N2O6/c31-26(18-29-36-21-24-14-8-3-9-15-24)30-25(28(33)35-20-23-12-6-2-7-13-23)16-17-27(32)34-19-22-10-4-1-5-11-22/h1-15,25,29H,16-21H2,(H,30,31). The van der Waals surface area contributed by atoms with E-state index in [1.165, 1.54) is 0 Å². The maximum Gasteiger partial charge on any atom is 0.328 e. The summed E-state index contributed by atoms with van der Waals surface area (Å²) in [5, 5.41) is 2.62. The summed E-state index contributed by atoms with van der Waals surface area (Å²) in [5.41, 5.74) is 5.20. The van der Waals surface area contributed by atoms with Gasteiger partial charge in [-0.2, -0.15) is 5.48 Å². The zero-order chi connectivity index (χ0) is 25.4. The van der Waals surface area contributed by atoms with Gasteiger partial charge in [0.1, 0.15) is 19.3 Å². The molecular formula is C28H30N2O6. The molecule has 0 fully saturated rings. The van der Waals surface area contributed by atoms with E-state index in [1.807, 2.05) is 91.0 Å². The number of carbonyl (C=O) groups is 3. The predicted octanol–water partition coefficient (Wildman–Crippen LogP) is 3.46. The molecule has 3 aromatic carbocycles. The van der Waals surface area contributed by atoms with Crippen molar-refractivity contribution < 1.29 is 28.7 Å². The summed E-state index contributed by atoms with van der Waals surface area (Å²) in [7, 11) is 0. The molecule has 188 valence electrons. The molecule has 0 aliphatic heterocycles. The first-order valence-electron chi connectivity index (χ1n) is 11.7. The molecule has 0 spiro atoms. The highest BCUT2D eigenvalue weighted by Gasteiger charge is 2.24. The van der Waals surface area contributed by atoms with Gasteiger partial charge in [-0.1, -0.05) is 91.0 Å². The minimum Gasteiger partial charge on any atom is -0.461 e. The summed E-state index contributed by atoms with van der Waals surface area (Å²) >= 11 is 0. The van der Waals surface area contributed by atoms with Gasteiger partial charge in [0.25, 0.3) is 0 Å². The Balaban J connectivity index is 1.47. The van der Waals surface area contributed by atoms with Crippen LogP contribution in [-0.4, -0.2) is 30.4 Å². The van der Waals surface area contributed by atoms with Gasteiger partial charge in [-0.15, -0.1) is 0 Å². The zero-order valence-electron chi connectivity index (χ0n) is 19.9. The molecule has 3 aromatic rings. The van der Waals surface area contributed by atoms with Crippen LogP contribution >= 0.6 is 0 Å². The van der Waals surface area contributed by atoms with Crippen LogP contribution in [0.2, 0.25) is 0 Å². The van der Waals surface area contributed by atoms with Gasteiger partial charge in [-0.3, -0.25) is 14.4 Å². The first-order valence-corrected chi connectivity index (χ1v) is 11.7. The van der Waals surface area contributed by atoms with Crippen molar-refractivity contribution in [2.75, 3.05) is 6.54 Å². The summed E-state index contributed by atoms with van der Waals surface area (Å²) < 4.78 is 10.7. The minimum atomic E-state index is -1.01. The third-order valence-electron chi connectivity index (χ3n) is 5.14. The van der Waals surface area contributed by atoms with Crippen molar-refractivity contribution in [3.63, 3.8) is 0 Å². The zero-order valence-corrected chi connectivity index (χ0v) is 19.9. The Labute approximate surface area is 210 Å². The van der Waals surface area contributed by atoms with E-state index >= 15 is 0 Å². The predicted molar refractivity (Wildman–Crippen MR) is 133 cm³/mol. The van der Waals surface area contributed by atoms with Gasteiger partial charge in [-0.25, -0.2) is 4.79 Å². The average Bonchev–Trinajstić information content (AvgIpc) is 2.92. The van der Waals surface area contributed by atoms with Crippen LogP contribution in [0.5, 0.6) is 0 Å². The normalized spacial score (nSPS) is 11.3. The number of hydrogen-bond acceptors (Lipinski definition) is 7. The first kappa shape index (κ1) is 26.6. The number of ether oxygens (including phenoxy) is 2. The third-order valence-corrected chi connectivity index (χ3v) is 5.14. The maximum absolute atomic E-state index is 12.7. The monoisotopic (exact) mass is 490 g/mol. The number of hydrogen-bond donors (Lipinski definition) is 2. The summed E-state index contributed by atoms with van der Waals surface area (Å²) in [6.07, 6.45) is -0.0198. The fourth-order valence-electron chi connectivity index (χ4n) is 3.22. The number of nitrogens with one attached hydrogen (secondary N) is 2. The van der Waals surface area contributed by atoms with Crippen molar-refractivity contribution >= 4 is 17.8 Å². The minimum absolute atomic E-state index is 0.0395. The van der Waals surface area contributed by atoms with Gasteiger partial charge in [0.05, 0.1) is 13.2 Å². The first-order chi connectivity index (χ1) is 17.6. The Kier molecular flexibility index (Phi) is 11.1. The van der Waals surface area contributed by atoms with Crippen molar-refractivity contribution in [2.24, 2.45) is 0 Å². The molecule has 8 heteroatoms. The quantitative estimate of drug-likeness (QED) is 0.203. The number of rotatable bonds is 14. The molecule has 1 unspecified atom stereocenters. The van der Waals surface area contributed by atoms with Crippen molar-refractivity contribution in [3.8, 4) is 0 Å². The third kappa shape index (κ3) is 10.1. The molecule has 0 aliphatic rings. The number of hydroxylamine groups is 1. The molecule has 36 heavy (non-hydrogen) atoms. The topological polar surface area (TPSA) is 103 Å². The summed E-state index contributed by atoms with van der Waals surface area (Å²) in [4.78, 5) is 42.7. The van der Waals surface area contributed by atoms with E-state index < -0.39 is 23.9 Å². The molecular weight excluding hydrogens is 460 g/mol. The highest BCUT2D eigenvalue weighted by molar-refractivity contribution is 5.85. The molecule has 1 amide bonds. The fraction of sp³-hybridized carbons (Fsp3) is 0.250. The Morgan fingerprint density at radius 3 is 1.72 bits per heavy atom.